The van der Waals surface area contributed by atoms with Crippen molar-refractivity contribution in [2.45, 2.75) is 34.2 Å². The Hall–Kier alpha value is -1.39. The van der Waals surface area contributed by atoms with Crippen LogP contribution in [0.15, 0.2) is 4.52 Å². The van der Waals surface area contributed by atoms with E-state index >= 15 is 0 Å². The van der Waals surface area contributed by atoms with Crippen LogP contribution >= 0.6 is 0 Å². The summed E-state index contributed by atoms with van der Waals surface area (Å²) in [5.74, 6) is 0.977. The molecule has 0 aliphatic carbocycles. The molecule has 0 bridgehead atoms. The van der Waals surface area contributed by atoms with Crippen molar-refractivity contribution in [3.63, 3.8) is 0 Å². The van der Waals surface area contributed by atoms with Gasteiger partial charge in [0.25, 0.3) is 0 Å². The topological polar surface area (TPSA) is 68.0 Å². The number of nitrogens with zero attached hydrogens (tertiary/aromatic N) is 2. The molecule has 0 radical (unpaired) electrons. The molecule has 0 saturated heterocycles. The van der Waals surface area contributed by atoms with E-state index in [2.05, 4.69) is 15.5 Å². The van der Waals surface area contributed by atoms with Crippen LogP contribution < -0.4 is 5.32 Å². The standard InChI is InChI=1S/C9H15N3O2/c1-6-11-7(12-14-6)5-10-8(13)9(2,3)4/h5H2,1-4H3,(H,10,13). The second kappa shape index (κ2) is 3.77. The molecule has 14 heavy (non-hydrogen) atoms. The SMILES string of the molecule is Cc1nc(CNC(=O)C(C)(C)C)no1. The van der Waals surface area contributed by atoms with E-state index in [9.17, 15) is 4.79 Å². The second-order valence-electron chi connectivity index (χ2n) is 4.16. The van der Waals surface area contributed by atoms with E-state index in [1.54, 1.807) is 6.92 Å². The Morgan fingerprint density at radius 2 is 2.14 bits per heavy atom. The third-order valence-electron chi connectivity index (χ3n) is 1.66. The molecule has 1 aromatic rings. The predicted octanol–water partition coefficient (Wildman–Crippen LogP) is 1.04. The highest BCUT2D eigenvalue weighted by Crippen LogP contribution is 2.12. The largest absolute Gasteiger partial charge is 0.348 e. The lowest BCUT2D eigenvalue weighted by molar-refractivity contribution is -0.128. The van der Waals surface area contributed by atoms with Crippen molar-refractivity contribution in [2.24, 2.45) is 5.41 Å². The van der Waals surface area contributed by atoms with Gasteiger partial charge in [-0.15, -0.1) is 0 Å². The molecule has 0 aromatic carbocycles. The first-order valence-electron chi connectivity index (χ1n) is 4.47. The number of aryl methyl sites for hydroxylation is 1. The normalized spacial score (nSPS) is 11.4. The van der Waals surface area contributed by atoms with Gasteiger partial charge in [0.05, 0.1) is 6.54 Å². The van der Waals surface area contributed by atoms with E-state index in [1.807, 2.05) is 20.8 Å². The lowest BCUT2D eigenvalue weighted by Gasteiger charge is -2.16. The maximum atomic E-state index is 11.4. The van der Waals surface area contributed by atoms with Crippen molar-refractivity contribution >= 4 is 5.91 Å². The third kappa shape index (κ3) is 2.83. The van der Waals surface area contributed by atoms with Gasteiger partial charge in [-0.05, 0) is 0 Å². The van der Waals surface area contributed by atoms with Gasteiger partial charge in [0.15, 0.2) is 5.82 Å². The fourth-order valence-electron chi connectivity index (χ4n) is 0.838. The predicted molar refractivity (Wildman–Crippen MR) is 50.3 cm³/mol. The zero-order valence-electron chi connectivity index (χ0n) is 8.92. The molecule has 1 aromatic heterocycles. The molecule has 5 heteroatoms. The van der Waals surface area contributed by atoms with Crippen LogP contribution in [0.25, 0.3) is 0 Å². The Bertz CT molecular complexity index is 325. The van der Waals surface area contributed by atoms with Crippen LogP contribution in [0, 0.1) is 12.3 Å². The summed E-state index contributed by atoms with van der Waals surface area (Å²) in [6.45, 7) is 7.58. The van der Waals surface area contributed by atoms with Gasteiger partial charge in [0, 0.05) is 12.3 Å². The third-order valence-corrected chi connectivity index (χ3v) is 1.66. The number of aromatic nitrogens is 2. The molecule has 0 spiro atoms. The second-order valence-corrected chi connectivity index (χ2v) is 4.16. The summed E-state index contributed by atoms with van der Waals surface area (Å²) in [5.41, 5.74) is -0.390. The summed E-state index contributed by atoms with van der Waals surface area (Å²) in [5, 5.41) is 6.40. The Labute approximate surface area is 82.9 Å². The quantitative estimate of drug-likeness (QED) is 0.769. The molecule has 1 amide bonds. The summed E-state index contributed by atoms with van der Waals surface area (Å²) >= 11 is 0. The minimum absolute atomic E-state index is 0.0278. The first kappa shape index (κ1) is 10.7. The Balaban J connectivity index is 2.46. The summed E-state index contributed by atoms with van der Waals surface area (Å²) in [6.07, 6.45) is 0. The minimum Gasteiger partial charge on any atom is -0.348 e. The molecule has 0 aliphatic rings. The summed E-state index contributed by atoms with van der Waals surface area (Å²) in [4.78, 5) is 15.4. The molecule has 0 fully saturated rings. The number of hydrogen-bond acceptors (Lipinski definition) is 4. The van der Waals surface area contributed by atoms with E-state index in [1.165, 1.54) is 0 Å². The van der Waals surface area contributed by atoms with Crippen LogP contribution in [0.4, 0.5) is 0 Å². The first-order chi connectivity index (χ1) is 6.39. The fraction of sp³-hybridized carbons (Fsp3) is 0.667. The number of nitrogens with one attached hydrogen (secondary N) is 1. The van der Waals surface area contributed by atoms with E-state index in [0.29, 0.717) is 18.3 Å². The molecule has 0 atom stereocenters. The number of amides is 1. The van der Waals surface area contributed by atoms with Crippen molar-refractivity contribution in [2.75, 3.05) is 0 Å². The van der Waals surface area contributed by atoms with Crippen molar-refractivity contribution in [3.8, 4) is 0 Å². The van der Waals surface area contributed by atoms with E-state index in [4.69, 9.17) is 4.52 Å². The summed E-state index contributed by atoms with van der Waals surface area (Å²) < 4.78 is 4.77. The molecule has 1 N–H and O–H groups in total. The van der Waals surface area contributed by atoms with Crippen molar-refractivity contribution < 1.29 is 9.32 Å². The Kier molecular flexibility index (Phi) is 2.88. The lowest BCUT2D eigenvalue weighted by Crippen LogP contribution is -2.34. The van der Waals surface area contributed by atoms with Gasteiger partial charge in [-0.1, -0.05) is 25.9 Å². The fourth-order valence-corrected chi connectivity index (χ4v) is 0.838. The van der Waals surface area contributed by atoms with Crippen molar-refractivity contribution in [1.82, 2.24) is 15.5 Å². The van der Waals surface area contributed by atoms with Crippen LogP contribution in [-0.2, 0) is 11.3 Å². The molecule has 5 nitrogen and oxygen atoms in total. The minimum atomic E-state index is -0.390. The van der Waals surface area contributed by atoms with Crippen molar-refractivity contribution in [3.05, 3.63) is 11.7 Å². The van der Waals surface area contributed by atoms with E-state index < -0.39 is 5.41 Å². The van der Waals surface area contributed by atoms with Crippen LogP contribution in [0.5, 0.6) is 0 Å². The molecule has 0 unspecified atom stereocenters. The lowest BCUT2D eigenvalue weighted by atomic mass is 9.96. The Morgan fingerprint density at radius 1 is 1.50 bits per heavy atom. The Morgan fingerprint density at radius 3 is 2.57 bits per heavy atom. The highest BCUT2D eigenvalue weighted by Gasteiger charge is 2.21. The average molecular weight is 197 g/mol. The molecule has 0 saturated carbocycles. The molecule has 1 heterocycles. The van der Waals surface area contributed by atoms with E-state index in [0.717, 1.165) is 0 Å². The zero-order chi connectivity index (χ0) is 10.8. The van der Waals surface area contributed by atoms with Gasteiger partial charge in [-0.25, -0.2) is 0 Å². The average Bonchev–Trinajstić information content (AvgIpc) is 2.45. The maximum Gasteiger partial charge on any atom is 0.225 e. The smallest absolute Gasteiger partial charge is 0.225 e. The molecule has 78 valence electrons. The van der Waals surface area contributed by atoms with Crippen molar-refractivity contribution in [1.29, 1.82) is 0 Å². The molecular formula is C9H15N3O2. The zero-order valence-corrected chi connectivity index (χ0v) is 8.92. The van der Waals surface area contributed by atoms with E-state index in [-0.39, 0.29) is 5.91 Å². The number of carbonyl (C=O) groups is 1. The number of hydrogen-bond donors (Lipinski definition) is 1. The molecular weight excluding hydrogens is 182 g/mol. The van der Waals surface area contributed by atoms with Gasteiger partial charge in [0.2, 0.25) is 11.8 Å². The van der Waals surface area contributed by atoms with Gasteiger partial charge in [0.1, 0.15) is 0 Å². The van der Waals surface area contributed by atoms with Crippen LogP contribution in [0.1, 0.15) is 32.5 Å². The van der Waals surface area contributed by atoms with Crippen LogP contribution in [-0.4, -0.2) is 16.0 Å². The maximum absolute atomic E-state index is 11.4. The summed E-state index contributed by atoms with van der Waals surface area (Å²) in [7, 11) is 0. The monoisotopic (exact) mass is 197 g/mol. The number of carbonyl (C=O) groups excluding carboxylic acids is 1. The van der Waals surface area contributed by atoms with Gasteiger partial charge >= 0.3 is 0 Å². The van der Waals surface area contributed by atoms with Gasteiger partial charge < -0.3 is 9.84 Å². The van der Waals surface area contributed by atoms with Gasteiger partial charge in [-0.3, -0.25) is 4.79 Å². The highest BCUT2D eigenvalue weighted by molar-refractivity contribution is 5.81. The summed E-state index contributed by atoms with van der Waals surface area (Å²) in [6, 6.07) is 0. The molecule has 1 rings (SSSR count). The first-order valence-corrected chi connectivity index (χ1v) is 4.47. The number of rotatable bonds is 2. The molecule has 0 aliphatic heterocycles. The van der Waals surface area contributed by atoms with Crippen LogP contribution in [0.2, 0.25) is 0 Å². The highest BCUT2D eigenvalue weighted by atomic mass is 16.5. The van der Waals surface area contributed by atoms with Crippen LogP contribution in [0.3, 0.4) is 0 Å². The van der Waals surface area contributed by atoms with Gasteiger partial charge in [-0.2, -0.15) is 4.98 Å².